The molecule has 59 heavy (non-hydrogen) atoms. The van der Waals surface area contributed by atoms with Crippen LogP contribution in [0, 0.1) is 0 Å². The van der Waals surface area contributed by atoms with Crippen molar-refractivity contribution in [2.45, 2.75) is 131 Å². The van der Waals surface area contributed by atoms with Gasteiger partial charge in [0.15, 0.2) is 0 Å². The van der Waals surface area contributed by atoms with E-state index in [1.54, 1.807) is 0 Å². The lowest BCUT2D eigenvalue weighted by atomic mass is 9.33. The molecular weight excluding hydrogens is 711 g/mol. The van der Waals surface area contributed by atoms with E-state index in [1.165, 1.54) is 89.5 Å². The van der Waals surface area contributed by atoms with Crippen molar-refractivity contribution in [2.75, 3.05) is 9.80 Å². The zero-order valence-electron chi connectivity index (χ0n) is 38.5. The average molecular weight is 777 g/mol. The molecule has 6 aromatic carbocycles. The van der Waals surface area contributed by atoms with Crippen molar-refractivity contribution < 1.29 is 0 Å². The Labute approximate surface area is 356 Å². The molecule has 0 N–H and O–H groups in total. The molecular formula is C56H65BN2. The van der Waals surface area contributed by atoms with Crippen LogP contribution in [0.1, 0.15) is 132 Å². The Morgan fingerprint density at radius 2 is 0.712 bits per heavy atom. The van der Waals surface area contributed by atoms with Crippen LogP contribution in [0.2, 0.25) is 0 Å². The van der Waals surface area contributed by atoms with E-state index in [9.17, 15) is 0 Å². The molecule has 0 radical (unpaired) electrons. The Bertz CT molecular complexity index is 2500. The minimum Gasteiger partial charge on any atom is -0.311 e. The van der Waals surface area contributed by atoms with Gasteiger partial charge in [-0.1, -0.05) is 177 Å². The predicted octanol–water partition coefficient (Wildman–Crippen LogP) is 13.9. The monoisotopic (exact) mass is 777 g/mol. The summed E-state index contributed by atoms with van der Waals surface area (Å²) < 4.78 is 0. The topological polar surface area (TPSA) is 6.48 Å². The van der Waals surface area contributed by atoms with E-state index < -0.39 is 0 Å². The van der Waals surface area contributed by atoms with Crippen molar-refractivity contribution in [2.24, 2.45) is 0 Å². The maximum atomic E-state index is 2.62. The summed E-state index contributed by atoms with van der Waals surface area (Å²) in [7, 11) is 0. The summed E-state index contributed by atoms with van der Waals surface area (Å²) in [6.45, 7) is 35.3. The average Bonchev–Trinajstić information content (AvgIpc) is 3.15. The summed E-state index contributed by atoms with van der Waals surface area (Å²) >= 11 is 0. The maximum absolute atomic E-state index is 2.62. The summed E-state index contributed by atoms with van der Waals surface area (Å²) in [5.41, 5.74) is 20.6. The van der Waals surface area contributed by atoms with E-state index in [4.69, 9.17) is 0 Å². The maximum Gasteiger partial charge on any atom is 0.252 e. The molecule has 6 aromatic rings. The minimum atomic E-state index is -0.0968. The first-order valence-corrected chi connectivity index (χ1v) is 21.8. The molecule has 2 aliphatic heterocycles. The summed E-state index contributed by atoms with van der Waals surface area (Å²) in [4.78, 5) is 5.23. The molecule has 2 heterocycles. The molecule has 0 spiro atoms. The second-order valence-corrected chi connectivity index (χ2v) is 22.5. The van der Waals surface area contributed by atoms with Crippen molar-refractivity contribution >= 4 is 57.2 Å². The lowest BCUT2D eigenvalue weighted by Gasteiger charge is -2.45. The van der Waals surface area contributed by atoms with Crippen molar-refractivity contribution in [3.05, 3.63) is 149 Å². The number of para-hydroxylation sites is 1. The zero-order chi connectivity index (χ0) is 42.6. The van der Waals surface area contributed by atoms with Gasteiger partial charge in [-0.05, 0) is 131 Å². The standard InChI is InChI=1S/C56H65BN2/c1-52(2,3)38-28-39(53(4,5)6)31-43(30-38)58-47-24-20-19-23-45(47)57-46-27-37(36-21-17-16-18-22-36)25-26-48(46)59(50-35-42(56(13,14)15)34-49(58)51(50)57)44-32-40(54(7,8)9)29-41(33-44)55(10,11)12/h16-35H,1-15H3. The van der Waals surface area contributed by atoms with Gasteiger partial charge in [-0.15, -0.1) is 0 Å². The normalized spacial score (nSPS) is 14.3. The Hall–Kier alpha value is -5.02. The Balaban J connectivity index is 1.53. The van der Waals surface area contributed by atoms with Gasteiger partial charge in [-0.3, -0.25) is 0 Å². The van der Waals surface area contributed by atoms with Gasteiger partial charge >= 0.3 is 0 Å². The van der Waals surface area contributed by atoms with Crippen LogP contribution in [0.15, 0.2) is 121 Å². The van der Waals surface area contributed by atoms with Gasteiger partial charge in [-0.25, -0.2) is 0 Å². The smallest absolute Gasteiger partial charge is 0.252 e. The van der Waals surface area contributed by atoms with E-state index in [0.29, 0.717) is 0 Å². The molecule has 0 unspecified atom stereocenters. The van der Waals surface area contributed by atoms with Gasteiger partial charge in [0, 0.05) is 34.1 Å². The Morgan fingerprint density at radius 3 is 1.15 bits per heavy atom. The highest BCUT2D eigenvalue weighted by molar-refractivity contribution is 7.00. The number of hydrogen-bond acceptors (Lipinski definition) is 2. The van der Waals surface area contributed by atoms with Gasteiger partial charge in [0.1, 0.15) is 0 Å². The van der Waals surface area contributed by atoms with Crippen LogP contribution in [0.5, 0.6) is 0 Å². The van der Waals surface area contributed by atoms with Crippen LogP contribution in [-0.4, -0.2) is 6.71 Å². The molecule has 0 saturated heterocycles. The summed E-state index contributed by atoms with van der Waals surface area (Å²) in [5.74, 6) is 0. The van der Waals surface area contributed by atoms with Crippen LogP contribution < -0.4 is 26.2 Å². The van der Waals surface area contributed by atoms with E-state index in [2.05, 4.69) is 235 Å². The third-order valence-corrected chi connectivity index (χ3v) is 12.8. The minimum absolute atomic E-state index is 0.0209. The van der Waals surface area contributed by atoms with Gasteiger partial charge in [0.2, 0.25) is 0 Å². The highest BCUT2D eigenvalue weighted by Gasteiger charge is 2.44. The van der Waals surface area contributed by atoms with E-state index in [0.717, 1.165) is 0 Å². The lowest BCUT2D eigenvalue weighted by molar-refractivity contribution is 0.568. The fraction of sp³-hybridized carbons (Fsp3) is 0.357. The molecule has 2 nitrogen and oxygen atoms in total. The van der Waals surface area contributed by atoms with Crippen molar-refractivity contribution in [1.82, 2.24) is 0 Å². The Kier molecular flexibility index (Phi) is 9.51. The molecule has 2 aliphatic rings. The summed E-state index contributed by atoms with van der Waals surface area (Å²) in [6, 6.07) is 47.2. The molecule has 0 bridgehead atoms. The predicted molar refractivity (Wildman–Crippen MR) is 259 cm³/mol. The molecule has 302 valence electrons. The van der Waals surface area contributed by atoms with Gasteiger partial charge in [0.25, 0.3) is 6.71 Å². The fourth-order valence-corrected chi connectivity index (χ4v) is 8.96. The van der Waals surface area contributed by atoms with Crippen LogP contribution >= 0.6 is 0 Å². The number of benzene rings is 6. The van der Waals surface area contributed by atoms with Crippen LogP contribution in [-0.2, 0) is 27.1 Å². The molecule has 0 saturated carbocycles. The third-order valence-electron chi connectivity index (χ3n) is 12.8. The fourth-order valence-electron chi connectivity index (χ4n) is 8.96. The number of rotatable bonds is 3. The third kappa shape index (κ3) is 7.34. The van der Waals surface area contributed by atoms with Gasteiger partial charge in [0.05, 0.1) is 0 Å². The van der Waals surface area contributed by atoms with Crippen molar-refractivity contribution in [3.8, 4) is 11.1 Å². The largest absolute Gasteiger partial charge is 0.311 e. The van der Waals surface area contributed by atoms with Crippen LogP contribution in [0.25, 0.3) is 11.1 Å². The second-order valence-electron chi connectivity index (χ2n) is 22.5. The zero-order valence-corrected chi connectivity index (χ0v) is 38.5. The quantitative estimate of drug-likeness (QED) is 0.165. The second kappa shape index (κ2) is 13.8. The van der Waals surface area contributed by atoms with Crippen LogP contribution in [0.4, 0.5) is 34.1 Å². The van der Waals surface area contributed by atoms with Crippen LogP contribution in [0.3, 0.4) is 0 Å². The summed E-state index contributed by atoms with van der Waals surface area (Å²) in [5, 5.41) is 0. The van der Waals surface area contributed by atoms with E-state index in [1.807, 2.05) is 0 Å². The molecule has 0 amide bonds. The summed E-state index contributed by atoms with van der Waals surface area (Å²) in [6.07, 6.45) is 0. The first-order chi connectivity index (χ1) is 27.4. The highest BCUT2D eigenvalue weighted by Crippen LogP contribution is 2.48. The first kappa shape index (κ1) is 40.8. The lowest BCUT2D eigenvalue weighted by Crippen LogP contribution is -2.61. The SMILES string of the molecule is CC(C)(C)c1cc(N2c3ccccc3B3c4cc(-c5ccccc5)ccc4N(c4cc(C(C)(C)C)cc(C(C)(C)C)c4)c4cc(C(C)(C)C)cc2c43)cc(C(C)(C)C)c1. The number of fused-ring (bicyclic) bond motifs is 4. The first-order valence-electron chi connectivity index (χ1n) is 21.8. The van der Waals surface area contributed by atoms with Gasteiger partial charge in [-0.2, -0.15) is 0 Å². The van der Waals surface area contributed by atoms with E-state index in [-0.39, 0.29) is 33.8 Å². The molecule has 0 atom stereocenters. The van der Waals surface area contributed by atoms with Gasteiger partial charge < -0.3 is 9.80 Å². The molecule has 0 aromatic heterocycles. The molecule has 0 aliphatic carbocycles. The Morgan fingerprint density at radius 1 is 0.322 bits per heavy atom. The highest BCUT2D eigenvalue weighted by atomic mass is 15.2. The number of anilines is 6. The molecule has 8 rings (SSSR count). The molecule has 3 heteroatoms. The van der Waals surface area contributed by atoms with E-state index >= 15 is 0 Å². The van der Waals surface area contributed by atoms with Crippen molar-refractivity contribution in [1.29, 1.82) is 0 Å². The van der Waals surface area contributed by atoms with Crippen molar-refractivity contribution in [3.63, 3.8) is 0 Å². The molecule has 0 fully saturated rings. The number of hydrogen-bond donors (Lipinski definition) is 0. The number of nitrogens with zero attached hydrogens (tertiary/aromatic N) is 2.